The van der Waals surface area contributed by atoms with Crippen LogP contribution in [-0.4, -0.2) is 64.6 Å². The third-order valence-electron chi connectivity index (χ3n) is 1.85. The summed E-state index contributed by atoms with van der Waals surface area (Å²) in [4.78, 5) is 0. The predicted molar refractivity (Wildman–Crippen MR) is 87.2 cm³/mol. The van der Waals surface area contributed by atoms with Crippen molar-refractivity contribution in [2.24, 2.45) is 0 Å². The van der Waals surface area contributed by atoms with Crippen molar-refractivity contribution in [2.75, 3.05) is 59.5 Å². The van der Waals surface area contributed by atoms with Crippen LogP contribution in [0.1, 0.15) is 0 Å². The zero-order valence-corrected chi connectivity index (χ0v) is 15.6. The van der Waals surface area contributed by atoms with Gasteiger partial charge in [0.15, 0.2) is 0 Å². The second kappa shape index (κ2) is 36.5. The molecule has 1 radical (unpaired) electrons. The van der Waals surface area contributed by atoms with Gasteiger partial charge in [-0.2, -0.15) is 0 Å². The molecular weight excluding hydrogens is 323 g/mol. The minimum absolute atomic E-state index is 0. The summed E-state index contributed by atoms with van der Waals surface area (Å²) in [6.45, 7) is 8.14. The second-order valence-electron chi connectivity index (χ2n) is 2.92. The van der Waals surface area contributed by atoms with Crippen LogP contribution in [0, 0.1) is 14.9 Å². The van der Waals surface area contributed by atoms with E-state index in [1.807, 2.05) is 0 Å². The molecule has 1 saturated heterocycles. The minimum atomic E-state index is 0. The molecule has 4 N–H and O–H groups in total. The number of aliphatic hydroxyl groups excluding tert-OH is 1. The van der Waals surface area contributed by atoms with Crippen LogP contribution in [0.3, 0.4) is 0 Å². The Balaban J connectivity index is -0.0000000576. The maximum absolute atomic E-state index is 7.00. The van der Waals surface area contributed by atoms with Gasteiger partial charge >= 0.3 is 21.7 Å². The number of hydrogen-bond acceptors (Lipinski definition) is 4. The molecule has 0 bridgehead atoms. The standard InChI is InChI=1S/C8H19N4.CH4O.2CH3.2ClH.Ti/c1-2-10-5-6-12-8-7-11-4-3-9-1;1-2;;;;;/h9-11H,1-8H2;2H,1H3;2*1H3;2*1H;/q-1;;2*-1;;;+3. The van der Waals surface area contributed by atoms with Gasteiger partial charge < -0.3 is 41.2 Å². The summed E-state index contributed by atoms with van der Waals surface area (Å²) in [6.07, 6.45) is 0. The number of aliphatic hydroxyl groups is 1. The van der Waals surface area contributed by atoms with E-state index in [1.54, 1.807) is 0 Å². The largest absolute Gasteiger partial charge is 3.00 e. The Morgan fingerprint density at radius 3 is 1.26 bits per heavy atom. The third kappa shape index (κ3) is 32.5. The zero-order chi connectivity index (χ0) is 10.5. The van der Waals surface area contributed by atoms with Gasteiger partial charge in [0.05, 0.1) is 0 Å². The Morgan fingerprint density at radius 1 is 0.684 bits per heavy atom. The molecular formula is C11H31Cl2N4OTi. The van der Waals surface area contributed by atoms with Crippen LogP contribution in [-0.2, 0) is 21.7 Å². The van der Waals surface area contributed by atoms with Crippen molar-refractivity contribution in [3.8, 4) is 0 Å². The van der Waals surface area contributed by atoms with Gasteiger partial charge in [-0.15, -0.1) is 37.9 Å². The second-order valence-corrected chi connectivity index (χ2v) is 2.92. The Bertz CT molecular complexity index is 75.7. The van der Waals surface area contributed by atoms with E-state index in [1.165, 1.54) is 0 Å². The smallest absolute Gasteiger partial charge is 0.660 e. The van der Waals surface area contributed by atoms with Gasteiger partial charge in [-0.1, -0.05) is 0 Å². The summed E-state index contributed by atoms with van der Waals surface area (Å²) in [6, 6.07) is 0. The molecule has 1 aliphatic heterocycles. The van der Waals surface area contributed by atoms with Crippen LogP contribution in [0.2, 0.25) is 0 Å². The maximum Gasteiger partial charge on any atom is 3.00 e. The first kappa shape index (κ1) is 36.9. The summed E-state index contributed by atoms with van der Waals surface area (Å²) in [5.74, 6) is 0. The molecule has 1 heterocycles. The zero-order valence-electron chi connectivity index (χ0n) is 12.4. The Hall–Kier alpha value is 1.09. The van der Waals surface area contributed by atoms with E-state index in [2.05, 4.69) is 21.3 Å². The van der Waals surface area contributed by atoms with Gasteiger partial charge in [0.25, 0.3) is 0 Å². The number of nitrogens with one attached hydrogen (secondary N) is 3. The van der Waals surface area contributed by atoms with E-state index >= 15 is 0 Å². The van der Waals surface area contributed by atoms with Crippen LogP contribution in [0.25, 0.3) is 5.32 Å². The number of nitrogens with zero attached hydrogens (tertiary/aromatic N) is 1. The van der Waals surface area contributed by atoms with Gasteiger partial charge in [0.1, 0.15) is 0 Å². The van der Waals surface area contributed by atoms with Crippen molar-refractivity contribution in [3.05, 3.63) is 20.2 Å². The van der Waals surface area contributed by atoms with E-state index in [0.29, 0.717) is 0 Å². The number of rotatable bonds is 0. The molecule has 5 nitrogen and oxygen atoms in total. The molecule has 1 aliphatic rings. The van der Waals surface area contributed by atoms with E-state index in [0.717, 1.165) is 59.5 Å². The molecule has 119 valence electrons. The van der Waals surface area contributed by atoms with Gasteiger partial charge in [0, 0.05) is 33.3 Å². The van der Waals surface area contributed by atoms with E-state index < -0.39 is 0 Å². The molecule has 0 atom stereocenters. The number of halogens is 2. The minimum Gasteiger partial charge on any atom is -0.660 e. The quantitative estimate of drug-likeness (QED) is 0.378. The molecule has 0 aliphatic carbocycles. The van der Waals surface area contributed by atoms with E-state index in [-0.39, 0.29) is 61.4 Å². The molecule has 8 heteroatoms. The van der Waals surface area contributed by atoms with E-state index in [9.17, 15) is 0 Å². The van der Waals surface area contributed by atoms with Crippen molar-refractivity contribution in [2.45, 2.75) is 0 Å². The van der Waals surface area contributed by atoms with Crippen LogP contribution in [0.4, 0.5) is 0 Å². The molecule has 1 rings (SSSR count). The van der Waals surface area contributed by atoms with E-state index in [4.69, 9.17) is 5.11 Å². The summed E-state index contributed by atoms with van der Waals surface area (Å²) < 4.78 is 0. The van der Waals surface area contributed by atoms with Crippen molar-refractivity contribution < 1.29 is 26.8 Å². The summed E-state index contributed by atoms with van der Waals surface area (Å²) in [7, 11) is 1.00. The Labute approximate surface area is 147 Å². The Morgan fingerprint density at radius 2 is 0.947 bits per heavy atom. The van der Waals surface area contributed by atoms with Gasteiger partial charge in [-0.25, -0.2) is 0 Å². The van der Waals surface area contributed by atoms with Crippen LogP contribution in [0.5, 0.6) is 0 Å². The number of hydrogen-bond donors (Lipinski definition) is 4. The van der Waals surface area contributed by atoms with Gasteiger partial charge in [-0.05, 0) is 13.1 Å². The average molecular weight is 354 g/mol. The molecule has 0 aromatic rings. The molecule has 0 spiro atoms. The SMILES string of the molecule is C1CNCCNCCNCC[N-]1.CO.Cl.Cl.[CH3-].[CH3-].[Ti+3]. The molecule has 0 unspecified atom stereocenters. The molecule has 0 saturated carbocycles. The fourth-order valence-corrected chi connectivity index (χ4v) is 1.16. The topological polar surface area (TPSA) is 70.4 Å². The maximum atomic E-state index is 7.00. The first-order valence-corrected chi connectivity index (χ1v) is 5.20. The monoisotopic (exact) mass is 353 g/mol. The van der Waals surface area contributed by atoms with Crippen molar-refractivity contribution >= 4 is 24.8 Å². The van der Waals surface area contributed by atoms with Crippen molar-refractivity contribution in [1.82, 2.24) is 16.0 Å². The van der Waals surface area contributed by atoms with Crippen LogP contribution < -0.4 is 16.0 Å². The molecule has 0 aromatic carbocycles. The van der Waals surface area contributed by atoms with Crippen LogP contribution in [0.15, 0.2) is 0 Å². The van der Waals surface area contributed by atoms with Crippen molar-refractivity contribution in [3.63, 3.8) is 0 Å². The molecule has 19 heavy (non-hydrogen) atoms. The Kier molecular flexibility index (Phi) is 70.8. The fourth-order valence-electron chi connectivity index (χ4n) is 1.16. The molecule has 1 fully saturated rings. The van der Waals surface area contributed by atoms with Gasteiger partial charge in [0.2, 0.25) is 0 Å². The van der Waals surface area contributed by atoms with Gasteiger partial charge in [-0.3, -0.25) is 0 Å². The fraction of sp³-hybridized carbons (Fsp3) is 0.818. The third-order valence-corrected chi connectivity index (χ3v) is 1.85. The summed E-state index contributed by atoms with van der Waals surface area (Å²) >= 11 is 0. The summed E-state index contributed by atoms with van der Waals surface area (Å²) in [5, 5.41) is 21.4. The predicted octanol–water partition coefficient (Wildman–Crippen LogP) is 0.493. The first-order chi connectivity index (χ1) is 7.00. The van der Waals surface area contributed by atoms with Crippen LogP contribution >= 0.6 is 24.8 Å². The summed E-state index contributed by atoms with van der Waals surface area (Å²) in [5.41, 5.74) is 0. The average Bonchev–Trinajstić information content (AvgIpc) is 2.22. The molecule has 0 amide bonds. The normalized spacial score (nSPS) is 15.5. The first-order valence-electron chi connectivity index (χ1n) is 5.20. The van der Waals surface area contributed by atoms with Crippen molar-refractivity contribution in [1.29, 1.82) is 0 Å². The molecule has 0 aromatic heterocycles.